The van der Waals surface area contributed by atoms with Crippen LogP contribution in [0, 0.1) is 6.92 Å². The number of carbonyl (C=O) groups excluding carboxylic acids is 1. The molecule has 0 saturated heterocycles. The van der Waals surface area contributed by atoms with Crippen LogP contribution in [0.4, 0.5) is 0 Å². The summed E-state index contributed by atoms with van der Waals surface area (Å²) in [5.41, 5.74) is 2.18. The number of halogens is 2. The molecule has 4 nitrogen and oxygen atoms in total. The predicted octanol–water partition coefficient (Wildman–Crippen LogP) is 3.54. The molecular weight excluding hydrogens is 332 g/mol. The SMILES string of the molecule is Cc1nn(C)c(COc2ccc(C=O)cc2Br)c1Cl. The highest BCUT2D eigenvalue weighted by molar-refractivity contribution is 9.10. The molecule has 2 aromatic rings. The Balaban J connectivity index is 2.16. The topological polar surface area (TPSA) is 44.1 Å². The first-order valence-corrected chi connectivity index (χ1v) is 6.75. The maximum absolute atomic E-state index is 10.7. The molecule has 2 rings (SSSR count). The van der Waals surface area contributed by atoms with Crippen LogP contribution in [-0.2, 0) is 13.7 Å². The first kappa shape index (κ1) is 14.1. The molecular formula is C13H12BrClN2O2. The second kappa shape index (κ2) is 5.75. The van der Waals surface area contributed by atoms with Crippen LogP contribution in [0.25, 0.3) is 0 Å². The van der Waals surface area contributed by atoms with Crippen LogP contribution in [0.1, 0.15) is 21.7 Å². The van der Waals surface area contributed by atoms with E-state index in [1.807, 2.05) is 14.0 Å². The lowest BCUT2D eigenvalue weighted by Crippen LogP contribution is -2.04. The molecule has 0 radical (unpaired) electrons. The van der Waals surface area contributed by atoms with Gasteiger partial charge in [-0.25, -0.2) is 0 Å². The molecule has 0 spiro atoms. The first-order valence-electron chi connectivity index (χ1n) is 5.58. The van der Waals surface area contributed by atoms with Crippen LogP contribution < -0.4 is 4.74 Å². The Hall–Kier alpha value is -1.33. The minimum absolute atomic E-state index is 0.315. The smallest absolute Gasteiger partial charge is 0.150 e. The zero-order valence-corrected chi connectivity index (χ0v) is 12.8. The number of carbonyl (C=O) groups is 1. The molecule has 0 bridgehead atoms. The quantitative estimate of drug-likeness (QED) is 0.798. The van der Waals surface area contributed by atoms with Gasteiger partial charge in [0.15, 0.2) is 0 Å². The highest BCUT2D eigenvalue weighted by Crippen LogP contribution is 2.27. The van der Waals surface area contributed by atoms with Crippen molar-refractivity contribution in [3.05, 3.63) is 44.6 Å². The Morgan fingerprint density at radius 3 is 2.79 bits per heavy atom. The van der Waals surface area contributed by atoms with Gasteiger partial charge in [0.05, 0.1) is 20.9 Å². The summed E-state index contributed by atoms with van der Waals surface area (Å²) in [7, 11) is 1.82. The number of aldehydes is 1. The third kappa shape index (κ3) is 2.98. The fourth-order valence-electron chi connectivity index (χ4n) is 1.69. The van der Waals surface area contributed by atoms with Crippen molar-refractivity contribution in [1.29, 1.82) is 0 Å². The monoisotopic (exact) mass is 342 g/mol. The maximum Gasteiger partial charge on any atom is 0.150 e. The summed E-state index contributed by atoms with van der Waals surface area (Å²) >= 11 is 9.51. The number of hydrogen-bond donors (Lipinski definition) is 0. The Morgan fingerprint density at radius 1 is 1.53 bits per heavy atom. The van der Waals surface area contributed by atoms with E-state index in [1.54, 1.807) is 22.9 Å². The molecule has 100 valence electrons. The maximum atomic E-state index is 10.7. The average Bonchev–Trinajstić information content (AvgIpc) is 2.62. The molecule has 19 heavy (non-hydrogen) atoms. The van der Waals surface area contributed by atoms with Crippen LogP contribution in [0.5, 0.6) is 5.75 Å². The van der Waals surface area contributed by atoms with E-state index in [0.717, 1.165) is 22.1 Å². The zero-order valence-electron chi connectivity index (χ0n) is 10.5. The van der Waals surface area contributed by atoms with Gasteiger partial charge in [-0.2, -0.15) is 5.10 Å². The number of aromatic nitrogens is 2. The Morgan fingerprint density at radius 2 is 2.26 bits per heavy atom. The minimum Gasteiger partial charge on any atom is -0.486 e. The highest BCUT2D eigenvalue weighted by atomic mass is 79.9. The lowest BCUT2D eigenvalue weighted by atomic mass is 10.2. The highest BCUT2D eigenvalue weighted by Gasteiger charge is 2.12. The van der Waals surface area contributed by atoms with E-state index in [9.17, 15) is 4.79 Å². The fraction of sp³-hybridized carbons (Fsp3) is 0.231. The van der Waals surface area contributed by atoms with E-state index in [1.165, 1.54) is 0 Å². The van der Waals surface area contributed by atoms with Crippen LogP contribution in [0.15, 0.2) is 22.7 Å². The standard InChI is InChI=1S/C13H12BrClN2O2/c1-8-13(15)11(17(2)16-8)7-19-12-4-3-9(6-18)5-10(12)14/h3-6H,7H2,1-2H3. The van der Waals surface area contributed by atoms with Gasteiger partial charge in [0.2, 0.25) is 0 Å². The van der Waals surface area contributed by atoms with Crippen LogP contribution in [0.2, 0.25) is 5.02 Å². The van der Waals surface area contributed by atoms with Crippen molar-refractivity contribution < 1.29 is 9.53 Å². The Labute approximate surface area is 124 Å². The lowest BCUT2D eigenvalue weighted by Gasteiger charge is -2.09. The second-order valence-corrected chi connectivity index (χ2v) is 5.30. The summed E-state index contributed by atoms with van der Waals surface area (Å²) in [4.78, 5) is 10.7. The normalized spacial score (nSPS) is 10.5. The minimum atomic E-state index is 0.315. The van der Waals surface area contributed by atoms with Crippen molar-refractivity contribution >= 4 is 33.8 Å². The van der Waals surface area contributed by atoms with Crippen molar-refractivity contribution in [2.75, 3.05) is 0 Å². The Kier molecular flexibility index (Phi) is 4.27. The summed E-state index contributed by atoms with van der Waals surface area (Å²) < 4.78 is 8.12. The number of nitrogens with zero attached hydrogens (tertiary/aromatic N) is 2. The van der Waals surface area contributed by atoms with E-state index in [-0.39, 0.29) is 0 Å². The molecule has 1 aromatic carbocycles. The molecule has 0 aliphatic heterocycles. The average molecular weight is 344 g/mol. The first-order chi connectivity index (χ1) is 9.02. The summed E-state index contributed by atoms with van der Waals surface area (Å²) in [5.74, 6) is 0.653. The summed E-state index contributed by atoms with van der Waals surface area (Å²) in [6.07, 6.45) is 0.788. The van der Waals surface area contributed by atoms with Crippen molar-refractivity contribution in [3.63, 3.8) is 0 Å². The zero-order chi connectivity index (χ0) is 14.0. The number of benzene rings is 1. The number of aryl methyl sites for hydroxylation is 2. The van der Waals surface area contributed by atoms with Gasteiger partial charge in [-0.15, -0.1) is 0 Å². The molecule has 1 aromatic heterocycles. The second-order valence-electron chi connectivity index (χ2n) is 4.07. The number of ether oxygens (including phenoxy) is 1. The molecule has 0 unspecified atom stereocenters. The van der Waals surface area contributed by atoms with Gasteiger partial charge in [-0.1, -0.05) is 11.6 Å². The van der Waals surface area contributed by atoms with E-state index < -0.39 is 0 Å². The number of hydrogen-bond acceptors (Lipinski definition) is 3. The summed E-state index contributed by atoms with van der Waals surface area (Å²) in [6.45, 7) is 2.16. The molecule has 0 atom stereocenters. The van der Waals surface area contributed by atoms with Crippen LogP contribution in [0.3, 0.4) is 0 Å². The molecule has 1 heterocycles. The van der Waals surface area contributed by atoms with E-state index in [2.05, 4.69) is 21.0 Å². The largest absolute Gasteiger partial charge is 0.486 e. The van der Waals surface area contributed by atoms with Crippen molar-refractivity contribution in [1.82, 2.24) is 9.78 Å². The van der Waals surface area contributed by atoms with Gasteiger partial charge in [0.1, 0.15) is 18.6 Å². The van der Waals surface area contributed by atoms with Gasteiger partial charge in [0, 0.05) is 12.6 Å². The molecule has 0 amide bonds. The summed E-state index contributed by atoms with van der Waals surface area (Å²) in [5, 5.41) is 4.83. The van der Waals surface area contributed by atoms with Gasteiger partial charge < -0.3 is 4.74 Å². The van der Waals surface area contributed by atoms with Crippen LogP contribution in [-0.4, -0.2) is 16.1 Å². The van der Waals surface area contributed by atoms with E-state index in [0.29, 0.717) is 22.9 Å². The molecule has 0 saturated carbocycles. The van der Waals surface area contributed by atoms with Gasteiger partial charge in [-0.05, 0) is 41.1 Å². The molecule has 0 fully saturated rings. The third-order valence-electron chi connectivity index (χ3n) is 2.72. The summed E-state index contributed by atoms with van der Waals surface area (Å²) in [6, 6.07) is 5.15. The Bertz CT molecular complexity index is 625. The molecule has 6 heteroatoms. The van der Waals surface area contributed by atoms with Gasteiger partial charge in [0.25, 0.3) is 0 Å². The third-order valence-corrected chi connectivity index (χ3v) is 3.83. The fourth-order valence-corrected chi connectivity index (χ4v) is 2.42. The van der Waals surface area contributed by atoms with Crippen molar-refractivity contribution in [2.24, 2.45) is 7.05 Å². The molecule has 0 aliphatic carbocycles. The van der Waals surface area contributed by atoms with Crippen molar-refractivity contribution in [3.8, 4) is 5.75 Å². The van der Waals surface area contributed by atoms with Gasteiger partial charge in [-0.3, -0.25) is 9.48 Å². The van der Waals surface area contributed by atoms with E-state index >= 15 is 0 Å². The predicted molar refractivity (Wildman–Crippen MR) is 76.8 cm³/mol. The lowest BCUT2D eigenvalue weighted by molar-refractivity contribution is 0.112. The molecule has 0 aliphatic rings. The number of rotatable bonds is 4. The van der Waals surface area contributed by atoms with Gasteiger partial charge >= 0.3 is 0 Å². The van der Waals surface area contributed by atoms with Crippen molar-refractivity contribution in [2.45, 2.75) is 13.5 Å². The van der Waals surface area contributed by atoms with Crippen LogP contribution >= 0.6 is 27.5 Å². The molecule has 0 N–H and O–H groups in total. The van der Waals surface area contributed by atoms with E-state index in [4.69, 9.17) is 16.3 Å².